The van der Waals surface area contributed by atoms with Crippen molar-refractivity contribution < 1.29 is 14.3 Å². The normalized spacial score (nSPS) is 23.3. The van der Waals surface area contributed by atoms with Gasteiger partial charge in [0.2, 0.25) is 11.8 Å². The Labute approximate surface area is 132 Å². The van der Waals surface area contributed by atoms with Gasteiger partial charge >= 0.3 is 0 Å². The van der Waals surface area contributed by atoms with E-state index in [1.165, 1.54) is 0 Å². The van der Waals surface area contributed by atoms with Gasteiger partial charge in [0.25, 0.3) is 0 Å². The molecule has 2 aliphatic heterocycles. The van der Waals surface area contributed by atoms with Gasteiger partial charge < -0.3 is 20.3 Å². The van der Waals surface area contributed by atoms with Gasteiger partial charge in [-0.05, 0) is 19.4 Å². The SMILES string of the molecule is COCCNC(=O)CN1CCN(C(=O)[C@H]2CCCCN2)CC1. The van der Waals surface area contributed by atoms with Gasteiger partial charge in [0.15, 0.2) is 0 Å². The molecule has 2 fully saturated rings. The molecule has 2 saturated heterocycles. The van der Waals surface area contributed by atoms with Crippen molar-refractivity contribution in [3.63, 3.8) is 0 Å². The molecule has 2 aliphatic rings. The molecule has 0 aromatic carbocycles. The van der Waals surface area contributed by atoms with E-state index in [1.54, 1.807) is 7.11 Å². The molecule has 7 heteroatoms. The number of carbonyl (C=O) groups is 2. The van der Waals surface area contributed by atoms with Gasteiger partial charge in [0.05, 0.1) is 19.2 Å². The Bertz CT molecular complexity index is 364. The van der Waals surface area contributed by atoms with E-state index < -0.39 is 0 Å². The molecule has 2 heterocycles. The third-order valence-electron chi connectivity index (χ3n) is 4.29. The summed E-state index contributed by atoms with van der Waals surface area (Å²) in [5, 5.41) is 6.13. The molecule has 0 spiro atoms. The fourth-order valence-electron chi connectivity index (χ4n) is 2.96. The van der Waals surface area contributed by atoms with E-state index >= 15 is 0 Å². The lowest BCUT2D eigenvalue weighted by Gasteiger charge is -2.37. The molecule has 2 N–H and O–H groups in total. The van der Waals surface area contributed by atoms with Crippen molar-refractivity contribution in [3.05, 3.63) is 0 Å². The minimum Gasteiger partial charge on any atom is -0.383 e. The van der Waals surface area contributed by atoms with Crippen molar-refractivity contribution in [3.8, 4) is 0 Å². The lowest BCUT2D eigenvalue weighted by Crippen LogP contribution is -2.56. The largest absolute Gasteiger partial charge is 0.383 e. The Morgan fingerprint density at radius 1 is 1.23 bits per heavy atom. The first-order valence-corrected chi connectivity index (χ1v) is 8.21. The number of nitrogens with zero attached hydrogens (tertiary/aromatic N) is 2. The summed E-state index contributed by atoms with van der Waals surface area (Å²) in [6.45, 7) is 5.35. The van der Waals surface area contributed by atoms with Gasteiger partial charge in [-0.2, -0.15) is 0 Å². The monoisotopic (exact) mass is 312 g/mol. The third-order valence-corrected chi connectivity index (χ3v) is 4.29. The Hall–Kier alpha value is -1.18. The Morgan fingerprint density at radius 3 is 2.64 bits per heavy atom. The summed E-state index contributed by atoms with van der Waals surface area (Å²) in [4.78, 5) is 28.2. The van der Waals surface area contributed by atoms with Gasteiger partial charge in [-0.25, -0.2) is 0 Å². The summed E-state index contributed by atoms with van der Waals surface area (Å²) in [5.74, 6) is 0.245. The van der Waals surface area contributed by atoms with Crippen molar-refractivity contribution >= 4 is 11.8 Å². The summed E-state index contributed by atoms with van der Waals surface area (Å²) in [6.07, 6.45) is 3.24. The maximum Gasteiger partial charge on any atom is 0.239 e. The molecule has 2 amide bonds. The van der Waals surface area contributed by atoms with E-state index in [2.05, 4.69) is 15.5 Å². The van der Waals surface area contributed by atoms with E-state index in [0.717, 1.165) is 38.9 Å². The molecule has 0 radical (unpaired) electrons. The van der Waals surface area contributed by atoms with Crippen molar-refractivity contribution in [2.45, 2.75) is 25.3 Å². The summed E-state index contributed by atoms with van der Waals surface area (Å²) >= 11 is 0. The van der Waals surface area contributed by atoms with Crippen molar-refractivity contribution in [1.82, 2.24) is 20.4 Å². The number of nitrogens with one attached hydrogen (secondary N) is 2. The molecule has 7 nitrogen and oxygen atoms in total. The Kier molecular flexibility index (Phi) is 7.08. The average molecular weight is 312 g/mol. The summed E-state index contributed by atoms with van der Waals surface area (Å²) in [6, 6.07) is -0.00218. The molecule has 0 aliphatic carbocycles. The molecule has 0 bridgehead atoms. The van der Waals surface area contributed by atoms with E-state index in [-0.39, 0.29) is 17.9 Å². The fourth-order valence-corrected chi connectivity index (χ4v) is 2.96. The predicted octanol–water partition coefficient (Wildman–Crippen LogP) is -0.965. The molecule has 0 aromatic heterocycles. The van der Waals surface area contributed by atoms with Gasteiger partial charge in [0, 0.05) is 39.8 Å². The first-order valence-electron chi connectivity index (χ1n) is 8.21. The minimum atomic E-state index is -0.00218. The molecular formula is C15H28N4O3. The number of rotatable bonds is 6. The quantitative estimate of drug-likeness (QED) is 0.618. The molecular weight excluding hydrogens is 284 g/mol. The smallest absolute Gasteiger partial charge is 0.239 e. The number of amides is 2. The zero-order chi connectivity index (χ0) is 15.8. The van der Waals surface area contributed by atoms with Crippen LogP contribution in [0.4, 0.5) is 0 Å². The van der Waals surface area contributed by atoms with Crippen LogP contribution in [0.15, 0.2) is 0 Å². The van der Waals surface area contributed by atoms with Crippen LogP contribution in [0, 0.1) is 0 Å². The average Bonchev–Trinajstić information content (AvgIpc) is 2.56. The third kappa shape index (κ3) is 5.23. The Morgan fingerprint density at radius 2 is 2.00 bits per heavy atom. The first kappa shape index (κ1) is 17.2. The highest BCUT2D eigenvalue weighted by Gasteiger charge is 2.28. The summed E-state index contributed by atoms with van der Waals surface area (Å²) < 4.78 is 4.90. The number of methoxy groups -OCH3 is 1. The molecule has 22 heavy (non-hydrogen) atoms. The fraction of sp³-hybridized carbons (Fsp3) is 0.867. The zero-order valence-corrected chi connectivity index (χ0v) is 13.5. The molecule has 0 saturated carbocycles. The topological polar surface area (TPSA) is 73.9 Å². The molecule has 0 unspecified atom stereocenters. The van der Waals surface area contributed by atoms with Crippen LogP contribution >= 0.6 is 0 Å². The molecule has 126 valence electrons. The second-order valence-corrected chi connectivity index (χ2v) is 5.95. The minimum absolute atomic E-state index is 0.00218. The number of carbonyl (C=O) groups excluding carboxylic acids is 2. The van der Waals surface area contributed by atoms with E-state index in [0.29, 0.717) is 32.8 Å². The number of hydrogen-bond donors (Lipinski definition) is 2. The predicted molar refractivity (Wildman–Crippen MR) is 83.5 cm³/mol. The zero-order valence-electron chi connectivity index (χ0n) is 13.5. The van der Waals surface area contributed by atoms with Crippen molar-refractivity contribution in [1.29, 1.82) is 0 Å². The van der Waals surface area contributed by atoms with E-state index in [1.807, 2.05) is 4.90 Å². The lowest BCUT2D eigenvalue weighted by molar-refractivity contribution is -0.136. The van der Waals surface area contributed by atoms with Crippen molar-refractivity contribution in [2.75, 3.05) is 59.5 Å². The maximum absolute atomic E-state index is 12.4. The van der Waals surface area contributed by atoms with Crippen LogP contribution in [-0.2, 0) is 14.3 Å². The van der Waals surface area contributed by atoms with Crippen LogP contribution in [-0.4, -0.2) is 87.2 Å². The van der Waals surface area contributed by atoms with Crippen molar-refractivity contribution in [2.24, 2.45) is 0 Å². The van der Waals surface area contributed by atoms with Gasteiger partial charge in [-0.3, -0.25) is 14.5 Å². The Balaban J connectivity index is 1.66. The van der Waals surface area contributed by atoms with Gasteiger partial charge in [0.1, 0.15) is 0 Å². The molecule has 1 atom stereocenters. The standard InChI is InChI=1S/C15H28N4O3/c1-22-11-6-17-14(20)12-18-7-9-19(10-8-18)15(21)13-4-2-3-5-16-13/h13,16H,2-12H2,1H3,(H,17,20)/t13-/m1/s1. The molecule has 0 aromatic rings. The highest BCUT2D eigenvalue weighted by molar-refractivity contribution is 5.82. The summed E-state index contributed by atoms with van der Waals surface area (Å²) in [5.41, 5.74) is 0. The highest BCUT2D eigenvalue weighted by Crippen LogP contribution is 2.11. The van der Waals surface area contributed by atoms with Gasteiger partial charge in [-0.15, -0.1) is 0 Å². The van der Waals surface area contributed by atoms with Crippen LogP contribution in [0.1, 0.15) is 19.3 Å². The first-order chi connectivity index (χ1) is 10.7. The highest BCUT2D eigenvalue weighted by atomic mass is 16.5. The number of ether oxygens (including phenoxy) is 1. The van der Waals surface area contributed by atoms with Crippen LogP contribution in [0.2, 0.25) is 0 Å². The number of hydrogen-bond acceptors (Lipinski definition) is 5. The maximum atomic E-state index is 12.4. The van der Waals surface area contributed by atoms with E-state index in [4.69, 9.17) is 4.74 Å². The van der Waals surface area contributed by atoms with Crippen LogP contribution in [0.3, 0.4) is 0 Å². The van der Waals surface area contributed by atoms with Gasteiger partial charge in [-0.1, -0.05) is 6.42 Å². The second kappa shape index (κ2) is 9.07. The van der Waals surface area contributed by atoms with E-state index in [9.17, 15) is 9.59 Å². The summed E-state index contributed by atoms with van der Waals surface area (Å²) in [7, 11) is 1.61. The molecule has 2 rings (SSSR count). The second-order valence-electron chi connectivity index (χ2n) is 5.95. The number of piperazine rings is 1. The number of piperidine rings is 1. The van der Waals surface area contributed by atoms with Crippen LogP contribution in [0.25, 0.3) is 0 Å². The van der Waals surface area contributed by atoms with Crippen LogP contribution < -0.4 is 10.6 Å². The van der Waals surface area contributed by atoms with Crippen LogP contribution in [0.5, 0.6) is 0 Å². The lowest BCUT2D eigenvalue weighted by atomic mass is 10.0.